The summed E-state index contributed by atoms with van der Waals surface area (Å²) in [7, 11) is 0. The molecule has 0 saturated heterocycles. The van der Waals surface area contributed by atoms with Crippen LogP contribution in [0.4, 0.5) is 26.3 Å². The Morgan fingerprint density at radius 1 is 0.489 bits per heavy atom. The van der Waals surface area contributed by atoms with E-state index >= 15 is 0 Å². The number of hydrogen-bond acceptors (Lipinski definition) is 3. The molecule has 0 aliphatic heterocycles. The van der Waals surface area contributed by atoms with E-state index < -0.39 is 23.5 Å². The highest BCUT2D eigenvalue weighted by Crippen LogP contribution is 2.39. The summed E-state index contributed by atoms with van der Waals surface area (Å²) >= 11 is 0. The molecule has 0 amide bonds. The van der Waals surface area contributed by atoms with Crippen molar-refractivity contribution in [2.24, 2.45) is 0 Å². The van der Waals surface area contributed by atoms with Gasteiger partial charge in [-0.05, 0) is 87.1 Å². The fourth-order valence-electron chi connectivity index (χ4n) is 5.25. The molecule has 5 aromatic carbocycles. The van der Waals surface area contributed by atoms with Gasteiger partial charge in [0.05, 0.1) is 11.1 Å². The summed E-state index contributed by atoms with van der Waals surface area (Å²) in [6.07, 6.45) is -8.05. The van der Waals surface area contributed by atoms with Crippen LogP contribution in [-0.4, -0.2) is 9.97 Å². The van der Waals surface area contributed by atoms with Gasteiger partial charge in [0.25, 0.3) is 0 Å². The minimum atomic E-state index is -4.91. The van der Waals surface area contributed by atoms with E-state index in [4.69, 9.17) is 4.42 Å². The molecule has 2 aromatic heterocycles. The van der Waals surface area contributed by atoms with Crippen LogP contribution in [-0.2, 0) is 12.4 Å². The highest BCUT2D eigenvalue weighted by atomic mass is 19.4. The Morgan fingerprint density at radius 3 is 1.58 bits per heavy atom. The van der Waals surface area contributed by atoms with Crippen LogP contribution in [0.2, 0.25) is 0 Å². The van der Waals surface area contributed by atoms with E-state index in [0.717, 1.165) is 50.7 Å². The Balaban J connectivity index is 1.14. The molecular weight excluding hydrogens is 590 g/mol. The fourth-order valence-corrected chi connectivity index (χ4v) is 5.25. The van der Waals surface area contributed by atoms with Crippen molar-refractivity contribution in [3.63, 3.8) is 0 Å². The third kappa shape index (κ3) is 5.64. The standard InChI is InChI=1S/C36H20F6N2O/c37-35(38,39)29-17-28(18-30(19-29)36(40,41)42)22-7-5-21(6-8-22)23-9-10-25-16-26(12-11-24(25)15-23)27-13-14-32(43-20-27)34-44-31-3-1-2-4-33(31)45-34/h1-20H. The first kappa shape index (κ1) is 28.3. The van der Waals surface area contributed by atoms with Crippen molar-refractivity contribution >= 4 is 21.9 Å². The maximum Gasteiger partial charge on any atom is 0.416 e. The van der Waals surface area contributed by atoms with Gasteiger partial charge in [0, 0.05) is 11.8 Å². The van der Waals surface area contributed by atoms with E-state index in [9.17, 15) is 26.3 Å². The molecule has 2 heterocycles. The highest BCUT2D eigenvalue weighted by Gasteiger charge is 2.37. The summed E-state index contributed by atoms with van der Waals surface area (Å²) in [5.74, 6) is 0.447. The Morgan fingerprint density at radius 2 is 1.02 bits per heavy atom. The number of alkyl halides is 6. The summed E-state index contributed by atoms with van der Waals surface area (Å²) in [5, 5.41) is 1.95. The van der Waals surface area contributed by atoms with Gasteiger partial charge in [0.15, 0.2) is 5.58 Å². The molecular formula is C36H20F6N2O. The van der Waals surface area contributed by atoms with Crippen LogP contribution >= 0.6 is 0 Å². The zero-order chi connectivity index (χ0) is 31.3. The Hall–Kier alpha value is -5.44. The lowest BCUT2D eigenvalue weighted by molar-refractivity contribution is -0.143. The zero-order valence-corrected chi connectivity index (χ0v) is 23.1. The number of halogens is 6. The topological polar surface area (TPSA) is 38.9 Å². The smallest absolute Gasteiger partial charge is 0.416 e. The number of pyridine rings is 1. The Kier molecular flexibility index (Phi) is 6.69. The first-order valence-corrected chi connectivity index (χ1v) is 13.8. The minimum Gasteiger partial charge on any atom is -0.435 e. The van der Waals surface area contributed by atoms with Gasteiger partial charge in [-0.2, -0.15) is 26.3 Å². The predicted molar refractivity (Wildman–Crippen MR) is 161 cm³/mol. The van der Waals surface area contributed by atoms with Crippen LogP contribution in [0.5, 0.6) is 0 Å². The summed E-state index contributed by atoms with van der Waals surface area (Å²) in [6.45, 7) is 0. The SMILES string of the molecule is FC(F)(F)c1cc(-c2ccc(-c3ccc4cc(-c5ccc(-c6nc7ccccc7o6)nc5)ccc4c3)cc2)cc(C(F)(F)F)c1. The molecule has 0 unspecified atom stereocenters. The molecule has 7 aromatic rings. The van der Waals surface area contributed by atoms with Crippen molar-refractivity contribution in [2.45, 2.75) is 12.4 Å². The quantitative estimate of drug-likeness (QED) is 0.186. The van der Waals surface area contributed by atoms with Gasteiger partial charge in [-0.3, -0.25) is 4.98 Å². The normalized spacial score (nSPS) is 12.2. The highest BCUT2D eigenvalue weighted by molar-refractivity contribution is 5.91. The van der Waals surface area contributed by atoms with Crippen molar-refractivity contribution in [3.8, 4) is 45.0 Å². The molecule has 0 aliphatic rings. The second kappa shape index (κ2) is 10.6. The van der Waals surface area contributed by atoms with E-state index in [0.29, 0.717) is 17.2 Å². The number of benzene rings is 5. The van der Waals surface area contributed by atoms with Crippen molar-refractivity contribution in [1.29, 1.82) is 0 Å². The van der Waals surface area contributed by atoms with Crippen molar-refractivity contribution in [2.75, 3.05) is 0 Å². The molecule has 0 spiro atoms. The molecule has 0 N–H and O–H groups in total. The van der Waals surface area contributed by atoms with Crippen molar-refractivity contribution in [3.05, 3.63) is 133 Å². The largest absolute Gasteiger partial charge is 0.435 e. The van der Waals surface area contributed by atoms with Gasteiger partial charge in [-0.25, -0.2) is 4.98 Å². The number of rotatable bonds is 4. The minimum absolute atomic E-state index is 0.129. The average Bonchev–Trinajstić information content (AvgIpc) is 3.48. The molecule has 0 atom stereocenters. The number of fused-ring (bicyclic) bond motifs is 2. The second-order valence-corrected chi connectivity index (χ2v) is 10.6. The monoisotopic (exact) mass is 610 g/mol. The molecule has 3 nitrogen and oxygen atoms in total. The van der Waals surface area contributed by atoms with Crippen LogP contribution < -0.4 is 0 Å². The lowest BCUT2D eigenvalue weighted by Crippen LogP contribution is -2.11. The van der Waals surface area contributed by atoms with Gasteiger partial charge in [0.1, 0.15) is 11.2 Å². The molecule has 0 aliphatic carbocycles. The van der Waals surface area contributed by atoms with E-state index in [1.807, 2.05) is 72.8 Å². The summed E-state index contributed by atoms with van der Waals surface area (Å²) in [4.78, 5) is 9.04. The number of hydrogen-bond donors (Lipinski definition) is 0. The summed E-state index contributed by atoms with van der Waals surface area (Å²) in [6, 6.07) is 31.2. The molecule has 7 rings (SSSR count). The van der Waals surface area contributed by atoms with Crippen LogP contribution in [0.25, 0.3) is 66.8 Å². The van der Waals surface area contributed by atoms with E-state index in [2.05, 4.69) is 9.97 Å². The lowest BCUT2D eigenvalue weighted by Gasteiger charge is -2.14. The fraction of sp³-hybridized carbons (Fsp3) is 0.0556. The third-order valence-corrected chi connectivity index (χ3v) is 7.59. The molecule has 45 heavy (non-hydrogen) atoms. The molecule has 0 fully saturated rings. The summed E-state index contributed by atoms with van der Waals surface area (Å²) < 4.78 is 85.8. The van der Waals surface area contributed by atoms with Crippen molar-refractivity contribution < 1.29 is 30.8 Å². The number of aromatic nitrogens is 2. The molecule has 0 saturated carbocycles. The van der Waals surface area contributed by atoms with E-state index in [-0.39, 0.29) is 17.2 Å². The average molecular weight is 611 g/mol. The maximum absolute atomic E-state index is 13.3. The second-order valence-electron chi connectivity index (χ2n) is 10.6. The summed E-state index contributed by atoms with van der Waals surface area (Å²) in [5.41, 5.74) is 2.98. The first-order chi connectivity index (χ1) is 21.5. The van der Waals surface area contributed by atoms with Crippen LogP contribution in [0.15, 0.2) is 126 Å². The predicted octanol–water partition coefficient (Wildman–Crippen LogP) is 11.1. The van der Waals surface area contributed by atoms with Crippen LogP contribution in [0.1, 0.15) is 11.1 Å². The Labute approximate surface area is 252 Å². The molecule has 222 valence electrons. The molecule has 0 bridgehead atoms. The van der Waals surface area contributed by atoms with Gasteiger partial charge < -0.3 is 4.42 Å². The number of para-hydroxylation sites is 2. The van der Waals surface area contributed by atoms with Crippen LogP contribution in [0, 0.1) is 0 Å². The Bertz CT molecular complexity index is 2120. The van der Waals surface area contributed by atoms with E-state index in [1.165, 1.54) is 12.1 Å². The molecule has 9 heteroatoms. The first-order valence-electron chi connectivity index (χ1n) is 13.8. The number of oxazole rings is 1. The van der Waals surface area contributed by atoms with E-state index in [1.54, 1.807) is 18.3 Å². The van der Waals surface area contributed by atoms with Crippen LogP contribution in [0.3, 0.4) is 0 Å². The third-order valence-electron chi connectivity index (χ3n) is 7.59. The zero-order valence-electron chi connectivity index (χ0n) is 23.1. The number of nitrogens with zero attached hydrogens (tertiary/aromatic N) is 2. The van der Waals surface area contributed by atoms with Gasteiger partial charge in [-0.15, -0.1) is 0 Å². The van der Waals surface area contributed by atoms with Gasteiger partial charge >= 0.3 is 12.4 Å². The lowest BCUT2D eigenvalue weighted by atomic mass is 9.95. The maximum atomic E-state index is 13.3. The van der Waals surface area contributed by atoms with Gasteiger partial charge in [0.2, 0.25) is 5.89 Å². The molecule has 0 radical (unpaired) electrons. The van der Waals surface area contributed by atoms with Gasteiger partial charge in [-0.1, -0.05) is 66.7 Å². The van der Waals surface area contributed by atoms with Crippen molar-refractivity contribution in [1.82, 2.24) is 9.97 Å².